The van der Waals surface area contributed by atoms with Crippen molar-refractivity contribution in [3.05, 3.63) is 0 Å². The maximum atomic E-state index is 6.09. The Bertz CT molecular complexity index is 320. The lowest BCUT2D eigenvalue weighted by molar-refractivity contribution is 0.152. The Kier molecular flexibility index (Phi) is 9.66. The number of likely N-dealkylation sites (N-methyl/N-ethyl adjacent to an activating group) is 1. The zero-order chi connectivity index (χ0) is 15.1. The van der Waals surface area contributed by atoms with Crippen molar-refractivity contribution in [3.63, 3.8) is 0 Å². The van der Waals surface area contributed by atoms with Gasteiger partial charge < -0.3 is 20.4 Å². The molecule has 0 atom stereocenters. The molecule has 2 heterocycles. The zero-order valence-corrected chi connectivity index (χ0v) is 16.7. The van der Waals surface area contributed by atoms with E-state index in [0.717, 1.165) is 37.9 Å². The Labute approximate surface area is 153 Å². The highest BCUT2D eigenvalue weighted by Gasteiger charge is 2.16. The molecule has 0 amide bonds. The van der Waals surface area contributed by atoms with Gasteiger partial charge in [0.05, 0.1) is 0 Å². The molecule has 130 valence electrons. The van der Waals surface area contributed by atoms with Crippen molar-refractivity contribution in [1.29, 1.82) is 0 Å². The van der Waals surface area contributed by atoms with Crippen LogP contribution >= 0.6 is 24.0 Å². The summed E-state index contributed by atoms with van der Waals surface area (Å²) in [5.74, 6) is 1.61. The average Bonchev–Trinajstić information content (AvgIpc) is 2.49. The first-order chi connectivity index (χ1) is 10.1. The fraction of sp³-hybridized carbons (Fsp3) is 0.938. The Hall–Kier alpha value is -0.0800. The molecule has 2 saturated heterocycles. The number of guanidine groups is 1. The van der Waals surface area contributed by atoms with E-state index in [9.17, 15) is 0 Å². The van der Waals surface area contributed by atoms with Gasteiger partial charge in [0.1, 0.15) is 0 Å². The van der Waals surface area contributed by atoms with Crippen LogP contribution in [0.25, 0.3) is 0 Å². The quantitative estimate of drug-likeness (QED) is 0.317. The number of hydrogen-bond acceptors (Lipinski definition) is 3. The molecule has 22 heavy (non-hydrogen) atoms. The van der Waals surface area contributed by atoms with Crippen molar-refractivity contribution < 1.29 is 0 Å². The number of halogens is 1. The van der Waals surface area contributed by atoms with Crippen LogP contribution in [0.2, 0.25) is 0 Å². The van der Waals surface area contributed by atoms with Gasteiger partial charge in [-0.25, -0.2) is 0 Å². The summed E-state index contributed by atoms with van der Waals surface area (Å²) in [4.78, 5) is 11.8. The molecule has 2 rings (SSSR count). The predicted octanol–water partition coefficient (Wildman–Crippen LogP) is 1.68. The maximum Gasteiger partial charge on any atom is 0.191 e. The lowest BCUT2D eigenvalue weighted by Gasteiger charge is -2.32. The molecular weight excluding hydrogens is 389 g/mol. The Balaban J connectivity index is 0.00000242. The maximum absolute atomic E-state index is 6.09. The average molecular weight is 423 g/mol. The van der Waals surface area contributed by atoms with Crippen molar-refractivity contribution in [2.75, 3.05) is 59.4 Å². The van der Waals surface area contributed by atoms with Crippen LogP contribution in [-0.4, -0.2) is 80.1 Å². The van der Waals surface area contributed by atoms with Gasteiger partial charge in [0, 0.05) is 45.8 Å². The summed E-state index contributed by atoms with van der Waals surface area (Å²) in [6.45, 7) is 11.4. The Morgan fingerprint density at radius 1 is 1.05 bits per heavy atom. The highest BCUT2D eigenvalue weighted by molar-refractivity contribution is 14.0. The third-order valence-corrected chi connectivity index (χ3v) is 4.86. The van der Waals surface area contributed by atoms with E-state index >= 15 is 0 Å². The van der Waals surface area contributed by atoms with Crippen molar-refractivity contribution in [1.82, 2.24) is 14.7 Å². The summed E-state index contributed by atoms with van der Waals surface area (Å²) in [5, 5.41) is 0. The zero-order valence-electron chi connectivity index (χ0n) is 14.3. The molecule has 2 aliphatic heterocycles. The van der Waals surface area contributed by atoms with Gasteiger partial charge in [0.15, 0.2) is 5.96 Å². The molecule has 5 nitrogen and oxygen atoms in total. The summed E-state index contributed by atoms with van der Waals surface area (Å²) in [6, 6.07) is 0. The molecule has 0 aromatic heterocycles. The van der Waals surface area contributed by atoms with Crippen LogP contribution in [-0.2, 0) is 0 Å². The molecule has 0 radical (unpaired) electrons. The number of aliphatic imine (C=N–C) groups is 1. The topological polar surface area (TPSA) is 48.1 Å². The molecule has 6 heteroatoms. The fourth-order valence-electron chi connectivity index (χ4n) is 3.05. The second-order valence-electron chi connectivity index (χ2n) is 6.76. The highest BCUT2D eigenvalue weighted by Crippen LogP contribution is 2.15. The van der Waals surface area contributed by atoms with Crippen LogP contribution in [0.4, 0.5) is 0 Å². The van der Waals surface area contributed by atoms with Crippen LogP contribution < -0.4 is 5.73 Å². The standard InChI is InChI=1S/C16H33N5.HI/c1-15-5-9-21(10-6-15)16(17)18-7-3-4-8-20-13-11-19(2)12-14-20;/h15H,3-14H2,1-2H3,(H2,17,18);1H. The van der Waals surface area contributed by atoms with Crippen LogP contribution in [0, 0.1) is 5.92 Å². The normalized spacial score (nSPS) is 22.6. The lowest BCUT2D eigenvalue weighted by Crippen LogP contribution is -2.44. The molecule has 0 aromatic carbocycles. The number of nitrogens with two attached hydrogens (primary N) is 1. The van der Waals surface area contributed by atoms with Crippen molar-refractivity contribution in [2.45, 2.75) is 32.6 Å². The molecular formula is C16H34IN5. The number of unbranched alkanes of at least 4 members (excludes halogenated alkanes) is 1. The minimum Gasteiger partial charge on any atom is -0.370 e. The number of piperidine rings is 1. The fourth-order valence-corrected chi connectivity index (χ4v) is 3.05. The Morgan fingerprint density at radius 2 is 1.68 bits per heavy atom. The van der Waals surface area contributed by atoms with Gasteiger partial charge in [-0.15, -0.1) is 24.0 Å². The minimum atomic E-state index is 0. The van der Waals surface area contributed by atoms with Crippen LogP contribution in [0.15, 0.2) is 4.99 Å². The largest absolute Gasteiger partial charge is 0.370 e. The van der Waals surface area contributed by atoms with E-state index in [4.69, 9.17) is 5.73 Å². The summed E-state index contributed by atoms with van der Waals surface area (Å²) >= 11 is 0. The summed E-state index contributed by atoms with van der Waals surface area (Å²) < 4.78 is 0. The van der Waals surface area contributed by atoms with Gasteiger partial charge in [-0.1, -0.05) is 6.92 Å². The third kappa shape index (κ3) is 7.00. The third-order valence-electron chi connectivity index (χ3n) is 4.86. The van der Waals surface area contributed by atoms with Crippen molar-refractivity contribution >= 4 is 29.9 Å². The molecule has 2 aliphatic rings. The van der Waals surface area contributed by atoms with Gasteiger partial charge in [-0.3, -0.25) is 4.99 Å². The van der Waals surface area contributed by atoms with E-state index in [-0.39, 0.29) is 24.0 Å². The van der Waals surface area contributed by atoms with Crippen LogP contribution in [0.3, 0.4) is 0 Å². The smallest absolute Gasteiger partial charge is 0.191 e. The van der Waals surface area contributed by atoms with Gasteiger partial charge in [0.25, 0.3) is 0 Å². The number of piperazine rings is 1. The van der Waals surface area contributed by atoms with E-state index in [1.807, 2.05) is 0 Å². The second-order valence-corrected chi connectivity index (χ2v) is 6.76. The summed E-state index contributed by atoms with van der Waals surface area (Å²) in [6.07, 6.45) is 4.88. The number of likely N-dealkylation sites (tertiary alicyclic amines) is 1. The van der Waals surface area contributed by atoms with Crippen molar-refractivity contribution in [3.8, 4) is 0 Å². The SMILES string of the molecule is CC1CCN(C(N)=NCCCCN2CCN(C)CC2)CC1.I. The first-order valence-corrected chi connectivity index (χ1v) is 8.61. The van der Waals surface area contributed by atoms with Gasteiger partial charge in [-0.2, -0.15) is 0 Å². The van der Waals surface area contributed by atoms with Crippen LogP contribution in [0.5, 0.6) is 0 Å². The second kappa shape index (κ2) is 10.6. The number of nitrogens with zero attached hydrogens (tertiary/aromatic N) is 4. The van der Waals surface area contributed by atoms with Gasteiger partial charge >= 0.3 is 0 Å². The number of hydrogen-bond donors (Lipinski definition) is 1. The summed E-state index contributed by atoms with van der Waals surface area (Å²) in [5.41, 5.74) is 6.09. The molecule has 0 bridgehead atoms. The first kappa shape index (κ1) is 20.0. The lowest BCUT2D eigenvalue weighted by atomic mass is 10.00. The molecule has 0 unspecified atom stereocenters. The minimum absolute atomic E-state index is 0. The molecule has 0 spiro atoms. The van der Waals surface area contributed by atoms with Gasteiger partial charge in [0.2, 0.25) is 0 Å². The monoisotopic (exact) mass is 423 g/mol. The first-order valence-electron chi connectivity index (χ1n) is 8.61. The molecule has 2 N–H and O–H groups in total. The van der Waals surface area contributed by atoms with E-state index in [2.05, 4.69) is 33.7 Å². The molecule has 0 saturated carbocycles. The molecule has 0 aliphatic carbocycles. The molecule has 2 fully saturated rings. The van der Waals surface area contributed by atoms with Crippen LogP contribution in [0.1, 0.15) is 32.6 Å². The number of rotatable bonds is 5. The van der Waals surface area contributed by atoms with Crippen molar-refractivity contribution in [2.24, 2.45) is 16.6 Å². The summed E-state index contributed by atoms with van der Waals surface area (Å²) in [7, 11) is 2.20. The Morgan fingerprint density at radius 3 is 2.32 bits per heavy atom. The van der Waals surface area contributed by atoms with E-state index in [1.165, 1.54) is 52.0 Å². The van der Waals surface area contributed by atoms with Gasteiger partial charge in [-0.05, 0) is 45.2 Å². The molecule has 0 aromatic rings. The van der Waals surface area contributed by atoms with E-state index < -0.39 is 0 Å². The van der Waals surface area contributed by atoms with E-state index in [1.54, 1.807) is 0 Å². The van der Waals surface area contributed by atoms with E-state index in [0.29, 0.717) is 0 Å². The predicted molar refractivity (Wildman–Crippen MR) is 105 cm³/mol. The highest BCUT2D eigenvalue weighted by atomic mass is 127.